The molecule has 100 valence electrons. The maximum atomic E-state index is 11.3. The van der Waals surface area contributed by atoms with Crippen molar-refractivity contribution in [1.29, 1.82) is 0 Å². The molecule has 0 radical (unpaired) electrons. The molecule has 0 unspecified atom stereocenters. The number of nitrogens with one attached hydrogen (secondary N) is 3. The second-order valence-corrected chi connectivity index (χ2v) is 4.99. The van der Waals surface area contributed by atoms with Gasteiger partial charge in [0.05, 0.1) is 16.7 Å². The Morgan fingerprint density at radius 3 is 2.75 bits per heavy atom. The summed E-state index contributed by atoms with van der Waals surface area (Å²) in [6.45, 7) is 1.88. The van der Waals surface area contributed by atoms with Crippen LogP contribution in [0.3, 0.4) is 0 Å². The first-order valence-electron chi connectivity index (χ1n) is 6.56. The van der Waals surface area contributed by atoms with Gasteiger partial charge in [-0.25, -0.2) is 14.8 Å². The molecule has 1 aliphatic heterocycles. The van der Waals surface area contributed by atoms with Crippen molar-refractivity contribution in [2.75, 3.05) is 13.1 Å². The van der Waals surface area contributed by atoms with Crippen molar-refractivity contribution in [2.24, 2.45) is 0 Å². The molecule has 6 heteroatoms. The average Bonchev–Trinajstić information content (AvgIpc) is 2.76. The van der Waals surface area contributed by atoms with Crippen molar-refractivity contribution < 1.29 is 0 Å². The average molecular weight is 267 g/mol. The van der Waals surface area contributed by atoms with E-state index in [1.807, 2.05) is 24.3 Å². The summed E-state index contributed by atoms with van der Waals surface area (Å²) in [4.78, 5) is 25.7. The summed E-state index contributed by atoms with van der Waals surface area (Å²) in [6, 6.07) is 7.66. The molecule has 0 saturated carbocycles. The number of hydrogen-bond donors (Lipinski definition) is 3. The van der Waals surface area contributed by atoms with Crippen molar-refractivity contribution in [1.82, 2.24) is 25.3 Å². The van der Waals surface area contributed by atoms with Crippen LogP contribution < -0.4 is 11.0 Å². The standard InChI is InChI=1S/C14H13N5O/c20-14-18-11-2-1-8(5-12(11)19-14)10-3-4-16-13(17-10)9-6-15-7-9/h1-5,9,15H,6-7H2,(H2,18,19,20). The topological polar surface area (TPSA) is 86.5 Å². The predicted molar refractivity (Wildman–Crippen MR) is 75.6 cm³/mol. The normalized spacial score (nSPS) is 15.4. The molecular formula is C14H13N5O. The number of H-pyrrole nitrogens is 2. The summed E-state index contributed by atoms with van der Waals surface area (Å²) in [5.74, 6) is 1.29. The van der Waals surface area contributed by atoms with E-state index in [-0.39, 0.29) is 5.69 Å². The summed E-state index contributed by atoms with van der Waals surface area (Å²) < 4.78 is 0. The molecule has 0 spiro atoms. The molecule has 6 nitrogen and oxygen atoms in total. The lowest BCUT2D eigenvalue weighted by Crippen LogP contribution is -2.40. The Morgan fingerprint density at radius 2 is 1.95 bits per heavy atom. The molecule has 2 aromatic heterocycles. The molecule has 1 fully saturated rings. The van der Waals surface area contributed by atoms with Gasteiger partial charge in [0.2, 0.25) is 0 Å². The first kappa shape index (κ1) is 11.4. The third kappa shape index (κ3) is 1.81. The summed E-state index contributed by atoms with van der Waals surface area (Å²) in [5, 5.41) is 3.22. The van der Waals surface area contributed by atoms with Crippen molar-refractivity contribution in [3.8, 4) is 11.3 Å². The van der Waals surface area contributed by atoms with Crippen LogP contribution in [0.15, 0.2) is 35.3 Å². The van der Waals surface area contributed by atoms with E-state index in [9.17, 15) is 4.79 Å². The van der Waals surface area contributed by atoms with Crippen LogP contribution in [0.25, 0.3) is 22.3 Å². The van der Waals surface area contributed by atoms with Crippen LogP contribution in [-0.2, 0) is 0 Å². The third-order valence-corrected chi connectivity index (χ3v) is 3.63. The Hall–Kier alpha value is -2.47. The van der Waals surface area contributed by atoms with E-state index in [1.54, 1.807) is 6.20 Å². The van der Waals surface area contributed by atoms with Gasteiger partial charge < -0.3 is 15.3 Å². The zero-order chi connectivity index (χ0) is 13.5. The van der Waals surface area contributed by atoms with Crippen molar-refractivity contribution in [3.05, 3.63) is 46.8 Å². The zero-order valence-electron chi connectivity index (χ0n) is 10.7. The zero-order valence-corrected chi connectivity index (χ0v) is 10.7. The molecule has 0 atom stereocenters. The molecule has 3 heterocycles. The number of hydrogen-bond acceptors (Lipinski definition) is 4. The number of aromatic nitrogens is 4. The Labute approximate surface area is 114 Å². The Bertz CT molecular complexity index is 831. The number of imidazole rings is 1. The highest BCUT2D eigenvalue weighted by molar-refractivity contribution is 5.80. The van der Waals surface area contributed by atoms with Gasteiger partial charge in [0.25, 0.3) is 0 Å². The van der Waals surface area contributed by atoms with E-state index >= 15 is 0 Å². The first-order chi connectivity index (χ1) is 9.79. The van der Waals surface area contributed by atoms with E-state index in [1.165, 1.54) is 0 Å². The number of nitrogens with zero attached hydrogens (tertiary/aromatic N) is 2. The number of benzene rings is 1. The molecule has 1 aromatic carbocycles. The fourth-order valence-corrected chi connectivity index (χ4v) is 2.39. The van der Waals surface area contributed by atoms with Crippen LogP contribution in [0.4, 0.5) is 0 Å². The van der Waals surface area contributed by atoms with E-state index in [0.717, 1.165) is 41.2 Å². The second kappa shape index (κ2) is 4.28. The lowest BCUT2D eigenvalue weighted by Gasteiger charge is -2.25. The summed E-state index contributed by atoms with van der Waals surface area (Å²) in [5.41, 5.74) is 3.25. The largest absolute Gasteiger partial charge is 0.323 e. The molecule has 0 aliphatic carbocycles. The van der Waals surface area contributed by atoms with Crippen LogP contribution in [0.1, 0.15) is 11.7 Å². The highest BCUT2D eigenvalue weighted by atomic mass is 16.1. The highest BCUT2D eigenvalue weighted by Gasteiger charge is 2.21. The van der Waals surface area contributed by atoms with Gasteiger partial charge in [-0.15, -0.1) is 0 Å². The molecule has 3 N–H and O–H groups in total. The fourth-order valence-electron chi connectivity index (χ4n) is 2.39. The van der Waals surface area contributed by atoms with Crippen LogP contribution in [-0.4, -0.2) is 33.0 Å². The van der Waals surface area contributed by atoms with Crippen LogP contribution in [0, 0.1) is 0 Å². The molecular weight excluding hydrogens is 254 g/mol. The van der Waals surface area contributed by atoms with Gasteiger partial charge in [-0.05, 0) is 18.2 Å². The van der Waals surface area contributed by atoms with Gasteiger partial charge >= 0.3 is 5.69 Å². The van der Waals surface area contributed by atoms with Crippen LogP contribution in [0.2, 0.25) is 0 Å². The summed E-state index contributed by atoms with van der Waals surface area (Å²) in [6.07, 6.45) is 1.79. The minimum absolute atomic E-state index is 0.193. The minimum Gasteiger partial charge on any atom is -0.315 e. The molecule has 1 saturated heterocycles. The maximum Gasteiger partial charge on any atom is 0.323 e. The summed E-state index contributed by atoms with van der Waals surface area (Å²) >= 11 is 0. The van der Waals surface area contributed by atoms with Gasteiger partial charge in [-0.1, -0.05) is 6.07 Å². The fraction of sp³-hybridized carbons (Fsp3) is 0.214. The predicted octanol–water partition coefficient (Wildman–Crippen LogP) is 1.000. The second-order valence-electron chi connectivity index (χ2n) is 4.99. The van der Waals surface area contributed by atoms with Gasteiger partial charge in [0.1, 0.15) is 5.82 Å². The molecule has 4 rings (SSSR count). The van der Waals surface area contributed by atoms with Gasteiger partial charge in [0, 0.05) is 30.8 Å². The lowest BCUT2D eigenvalue weighted by molar-refractivity contribution is 0.430. The van der Waals surface area contributed by atoms with E-state index in [4.69, 9.17) is 0 Å². The number of fused-ring (bicyclic) bond motifs is 1. The van der Waals surface area contributed by atoms with Gasteiger partial charge in [0.15, 0.2) is 0 Å². The Morgan fingerprint density at radius 1 is 1.10 bits per heavy atom. The molecule has 20 heavy (non-hydrogen) atoms. The Kier molecular flexibility index (Phi) is 2.43. The monoisotopic (exact) mass is 267 g/mol. The molecule has 3 aromatic rings. The molecule has 0 bridgehead atoms. The molecule has 0 amide bonds. The van der Waals surface area contributed by atoms with E-state index in [0.29, 0.717) is 5.92 Å². The van der Waals surface area contributed by atoms with Crippen molar-refractivity contribution in [2.45, 2.75) is 5.92 Å². The van der Waals surface area contributed by atoms with E-state index in [2.05, 4.69) is 25.3 Å². The highest BCUT2D eigenvalue weighted by Crippen LogP contribution is 2.22. The van der Waals surface area contributed by atoms with Gasteiger partial charge in [-0.2, -0.15) is 0 Å². The van der Waals surface area contributed by atoms with Gasteiger partial charge in [-0.3, -0.25) is 0 Å². The SMILES string of the molecule is O=c1[nH]c2ccc(-c3ccnc(C4CNC4)n3)cc2[nH]1. The maximum absolute atomic E-state index is 11.3. The van der Waals surface area contributed by atoms with Crippen molar-refractivity contribution >= 4 is 11.0 Å². The van der Waals surface area contributed by atoms with E-state index < -0.39 is 0 Å². The Balaban J connectivity index is 1.79. The van der Waals surface area contributed by atoms with Crippen LogP contribution >= 0.6 is 0 Å². The third-order valence-electron chi connectivity index (χ3n) is 3.63. The van der Waals surface area contributed by atoms with Crippen LogP contribution in [0.5, 0.6) is 0 Å². The minimum atomic E-state index is -0.193. The molecule has 1 aliphatic rings. The lowest BCUT2D eigenvalue weighted by atomic mass is 10.0. The summed E-state index contributed by atoms with van der Waals surface area (Å²) in [7, 11) is 0. The smallest absolute Gasteiger partial charge is 0.315 e. The van der Waals surface area contributed by atoms with Crippen molar-refractivity contribution in [3.63, 3.8) is 0 Å². The first-order valence-corrected chi connectivity index (χ1v) is 6.56. The number of aromatic amines is 2. The quantitative estimate of drug-likeness (QED) is 0.646. The number of rotatable bonds is 2.